The van der Waals surface area contributed by atoms with Gasteiger partial charge in [-0.3, -0.25) is 5.10 Å². The van der Waals surface area contributed by atoms with Gasteiger partial charge >= 0.3 is 5.97 Å². The van der Waals surface area contributed by atoms with Crippen LogP contribution in [0, 0.1) is 5.92 Å². The van der Waals surface area contributed by atoms with Crippen molar-refractivity contribution in [3.8, 4) is 11.4 Å². The average Bonchev–Trinajstić information content (AvgIpc) is 2.94. The zero-order chi connectivity index (χ0) is 14.0. The highest BCUT2D eigenvalue weighted by Crippen LogP contribution is 2.17. The maximum Gasteiger partial charge on any atom is 0.328 e. The topological polar surface area (TPSA) is 96.7 Å². The van der Waals surface area contributed by atoms with Crippen LogP contribution in [0.5, 0.6) is 0 Å². The summed E-state index contributed by atoms with van der Waals surface area (Å²) in [6, 6.07) is 1.18. The lowest BCUT2D eigenvalue weighted by atomic mass is 10.1. The first-order valence-corrected chi connectivity index (χ1v) is 6.16. The van der Waals surface area contributed by atoms with Crippen molar-refractivity contribution >= 4 is 5.97 Å². The Balaban J connectivity index is 2.18. The highest BCUT2D eigenvalue weighted by molar-refractivity contribution is 5.71. The summed E-state index contributed by atoms with van der Waals surface area (Å²) in [6.45, 7) is 5.81. The summed E-state index contributed by atoms with van der Waals surface area (Å²) in [5, 5.41) is 23.8. The van der Waals surface area contributed by atoms with E-state index in [4.69, 9.17) is 5.11 Å². The third kappa shape index (κ3) is 2.98. The largest absolute Gasteiger partial charge is 0.480 e. The Morgan fingerprint density at radius 1 is 1.42 bits per heavy atom. The first-order valence-electron chi connectivity index (χ1n) is 6.16. The van der Waals surface area contributed by atoms with Crippen molar-refractivity contribution in [1.29, 1.82) is 0 Å². The van der Waals surface area contributed by atoms with Gasteiger partial charge < -0.3 is 5.11 Å². The van der Waals surface area contributed by atoms with Crippen LogP contribution >= 0.6 is 0 Å². The first-order chi connectivity index (χ1) is 8.97. The van der Waals surface area contributed by atoms with Gasteiger partial charge in [-0.05, 0) is 25.3 Å². The molecule has 0 aliphatic rings. The highest BCUT2D eigenvalue weighted by atomic mass is 16.4. The minimum atomic E-state index is -0.945. The number of carbonyl (C=O) groups is 1. The van der Waals surface area contributed by atoms with E-state index in [9.17, 15) is 4.79 Å². The number of H-pyrrole nitrogens is 1. The molecule has 0 unspecified atom stereocenters. The highest BCUT2D eigenvalue weighted by Gasteiger charge is 2.16. The number of carboxylic acid groups (broad SMARTS) is 1. The predicted octanol–water partition coefficient (Wildman–Crippen LogP) is 1.51. The smallest absolute Gasteiger partial charge is 0.328 e. The van der Waals surface area contributed by atoms with E-state index in [0.29, 0.717) is 17.3 Å². The number of aromatic amines is 1. The lowest BCUT2D eigenvalue weighted by molar-refractivity contribution is -0.140. The number of rotatable bonds is 5. The third-order valence-corrected chi connectivity index (χ3v) is 2.79. The molecule has 2 aromatic heterocycles. The molecule has 102 valence electrons. The fourth-order valence-corrected chi connectivity index (χ4v) is 1.73. The number of aromatic nitrogens is 5. The van der Waals surface area contributed by atoms with E-state index in [1.165, 1.54) is 4.68 Å². The maximum atomic E-state index is 10.9. The molecule has 0 bridgehead atoms. The van der Waals surface area contributed by atoms with E-state index >= 15 is 0 Å². The summed E-state index contributed by atoms with van der Waals surface area (Å²) in [7, 11) is 0. The molecule has 7 heteroatoms. The molecule has 0 amide bonds. The summed E-state index contributed by atoms with van der Waals surface area (Å²) in [4.78, 5) is 10.9. The van der Waals surface area contributed by atoms with Crippen LogP contribution in [0.1, 0.15) is 32.5 Å². The number of nitrogens with zero attached hydrogens (tertiary/aromatic N) is 4. The van der Waals surface area contributed by atoms with Crippen molar-refractivity contribution in [2.75, 3.05) is 0 Å². The quantitative estimate of drug-likeness (QED) is 0.852. The van der Waals surface area contributed by atoms with Crippen LogP contribution in [0.25, 0.3) is 11.4 Å². The number of carboxylic acids is 1. The molecular weight excluding hydrogens is 246 g/mol. The second kappa shape index (κ2) is 5.21. The van der Waals surface area contributed by atoms with E-state index in [0.717, 1.165) is 12.1 Å². The first kappa shape index (κ1) is 13.3. The summed E-state index contributed by atoms with van der Waals surface area (Å²) in [6.07, 6.45) is 2.50. The molecule has 0 aliphatic heterocycles. The van der Waals surface area contributed by atoms with E-state index in [1.807, 2.05) is 6.07 Å². The third-order valence-electron chi connectivity index (χ3n) is 2.79. The SMILES string of the molecule is CC(C)Cc1cc(-c2cn([C@@H](C)C(=O)O)nn2)n[nH]1. The molecule has 2 aromatic rings. The van der Waals surface area contributed by atoms with Crippen LogP contribution < -0.4 is 0 Å². The van der Waals surface area contributed by atoms with Gasteiger partial charge in [0.1, 0.15) is 17.4 Å². The van der Waals surface area contributed by atoms with Gasteiger partial charge in [-0.25, -0.2) is 9.48 Å². The van der Waals surface area contributed by atoms with Crippen LogP contribution in [-0.2, 0) is 11.2 Å². The number of aliphatic carboxylic acids is 1. The molecule has 2 rings (SSSR count). The van der Waals surface area contributed by atoms with Crippen LogP contribution in [0.15, 0.2) is 12.3 Å². The summed E-state index contributed by atoms with van der Waals surface area (Å²) < 4.78 is 1.31. The Kier molecular flexibility index (Phi) is 3.64. The second-order valence-corrected chi connectivity index (χ2v) is 4.97. The summed E-state index contributed by atoms with van der Waals surface area (Å²) in [5.74, 6) is -0.407. The van der Waals surface area contributed by atoms with Crippen LogP contribution in [0.4, 0.5) is 0 Å². The lowest BCUT2D eigenvalue weighted by Gasteiger charge is -2.03. The number of hydrogen-bond acceptors (Lipinski definition) is 4. The Bertz CT molecular complexity index is 572. The van der Waals surface area contributed by atoms with Gasteiger partial charge in [0.05, 0.1) is 6.20 Å². The van der Waals surface area contributed by atoms with Gasteiger partial charge in [0.25, 0.3) is 0 Å². The molecule has 7 nitrogen and oxygen atoms in total. The summed E-state index contributed by atoms with van der Waals surface area (Å²) in [5.41, 5.74) is 2.28. The second-order valence-electron chi connectivity index (χ2n) is 4.97. The summed E-state index contributed by atoms with van der Waals surface area (Å²) >= 11 is 0. The minimum absolute atomic E-state index is 0.538. The number of hydrogen-bond donors (Lipinski definition) is 2. The molecule has 2 N–H and O–H groups in total. The van der Waals surface area contributed by atoms with E-state index in [2.05, 4.69) is 34.4 Å². The van der Waals surface area contributed by atoms with Gasteiger partial charge in [-0.2, -0.15) is 5.10 Å². The molecule has 0 radical (unpaired) electrons. The van der Waals surface area contributed by atoms with E-state index in [1.54, 1.807) is 13.1 Å². The molecular formula is C12H17N5O2. The molecule has 1 atom stereocenters. The van der Waals surface area contributed by atoms with Crippen LogP contribution in [0.3, 0.4) is 0 Å². The number of nitrogens with one attached hydrogen (secondary N) is 1. The average molecular weight is 263 g/mol. The molecule has 2 heterocycles. The van der Waals surface area contributed by atoms with Crippen molar-refractivity contribution in [3.63, 3.8) is 0 Å². The minimum Gasteiger partial charge on any atom is -0.480 e. The standard InChI is InChI=1S/C12H17N5O2/c1-7(2)4-9-5-10(14-13-9)11-6-17(16-15-11)8(3)12(18)19/h5-8H,4H2,1-3H3,(H,13,14)(H,18,19)/t8-/m0/s1. The lowest BCUT2D eigenvalue weighted by Crippen LogP contribution is -2.15. The normalized spacial score (nSPS) is 12.8. The molecule has 0 saturated heterocycles. The fourth-order valence-electron chi connectivity index (χ4n) is 1.73. The van der Waals surface area contributed by atoms with Crippen LogP contribution in [0.2, 0.25) is 0 Å². The molecule has 0 saturated carbocycles. The Labute approximate surface area is 110 Å². The van der Waals surface area contributed by atoms with Crippen molar-refractivity contribution in [2.24, 2.45) is 5.92 Å². The predicted molar refractivity (Wildman–Crippen MR) is 68.5 cm³/mol. The van der Waals surface area contributed by atoms with E-state index < -0.39 is 12.0 Å². The van der Waals surface area contributed by atoms with Gasteiger partial charge in [-0.15, -0.1) is 5.10 Å². The molecule has 0 aliphatic carbocycles. The van der Waals surface area contributed by atoms with Gasteiger partial charge in [0.2, 0.25) is 0 Å². The maximum absolute atomic E-state index is 10.9. The molecule has 19 heavy (non-hydrogen) atoms. The fraction of sp³-hybridized carbons (Fsp3) is 0.500. The Morgan fingerprint density at radius 3 is 2.79 bits per heavy atom. The monoisotopic (exact) mass is 263 g/mol. The Morgan fingerprint density at radius 2 is 2.16 bits per heavy atom. The zero-order valence-electron chi connectivity index (χ0n) is 11.2. The van der Waals surface area contributed by atoms with Gasteiger partial charge in [-0.1, -0.05) is 19.1 Å². The van der Waals surface area contributed by atoms with Crippen LogP contribution in [-0.4, -0.2) is 36.3 Å². The van der Waals surface area contributed by atoms with Crippen molar-refractivity contribution in [2.45, 2.75) is 33.2 Å². The van der Waals surface area contributed by atoms with Crippen molar-refractivity contribution in [3.05, 3.63) is 18.0 Å². The molecule has 0 fully saturated rings. The zero-order valence-corrected chi connectivity index (χ0v) is 11.2. The molecule has 0 spiro atoms. The van der Waals surface area contributed by atoms with Gasteiger partial charge in [0.15, 0.2) is 0 Å². The van der Waals surface area contributed by atoms with Crippen molar-refractivity contribution < 1.29 is 9.90 Å². The molecule has 0 aromatic carbocycles. The van der Waals surface area contributed by atoms with Gasteiger partial charge in [0, 0.05) is 5.69 Å². The Hall–Kier alpha value is -2.18. The van der Waals surface area contributed by atoms with E-state index in [-0.39, 0.29) is 0 Å². The van der Waals surface area contributed by atoms with Crippen molar-refractivity contribution in [1.82, 2.24) is 25.2 Å².